The van der Waals surface area contributed by atoms with Crippen LogP contribution in [0.1, 0.15) is 37.2 Å². The SMILES string of the molecule is C=C1NC(=O)NC(C(=O)N[C@H]2CC[C@@H](c3ccccc3)CC2)=C1NCC(F)(F)F. The van der Waals surface area contributed by atoms with E-state index in [0.29, 0.717) is 5.92 Å². The van der Waals surface area contributed by atoms with E-state index in [2.05, 4.69) is 40.0 Å². The number of alkyl halides is 3. The quantitative estimate of drug-likeness (QED) is 0.605. The lowest BCUT2D eigenvalue weighted by Gasteiger charge is -2.31. The highest BCUT2D eigenvalue weighted by Gasteiger charge is 2.32. The van der Waals surface area contributed by atoms with Crippen LogP contribution in [-0.4, -0.2) is 30.7 Å². The van der Waals surface area contributed by atoms with Gasteiger partial charge < -0.3 is 21.3 Å². The number of hydrogen-bond donors (Lipinski definition) is 4. The molecule has 2 aliphatic rings. The Balaban J connectivity index is 1.64. The van der Waals surface area contributed by atoms with E-state index < -0.39 is 24.7 Å². The van der Waals surface area contributed by atoms with Gasteiger partial charge >= 0.3 is 12.2 Å². The van der Waals surface area contributed by atoms with Gasteiger partial charge in [-0.1, -0.05) is 36.9 Å². The average Bonchev–Trinajstić information content (AvgIpc) is 2.67. The van der Waals surface area contributed by atoms with Crippen molar-refractivity contribution < 1.29 is 22.8 Å². The van der Waals surface area contributed by atoms with Gasteiger partial charge in [0.1, 0.15) is 12.2 Å². The zero-order chi connectivity index (χ0) is 21.0. The molecular formula is C20H23F3N4O2. The molecule has 3 amide bonds. The van der Waals surface area contributed by atoms with Crippen molar-refractivity contribution in [1.29, 1.82) is 0 Å². The predicted molar refractivity (Wildman–Crippen MR) is 101 cm³/mol. The minimum absolute atomic E-state index is 0.0871. The molecule has 1 aromatic carbocycles. The van der Waals surface area contributed by atoms with E-state index in [1.54, 1.807) is 0 Å². The van der Waals surface area contributed by atoms with E-state index >= 15 is 0 Å². The highest BCUT2D eigenvalue weighted by Crippen LogP contribution is 2.32. The van der Waals surface area contributed by atoms with Gasteiger partial charge in [0.05, 0.1) is 11.4 Å². The fourth-order valence-corrected chi connectivity index (χ4v) is 3.67. The van der Waals surface area contributed by atoms with Gasteiger partial charge in [-0.05, 0) is 37.2 Å². The Morgan fingerprint density at radius 2 is 1.76 bits per heavy atom. The van der Waals surface area contributed by atoms with Crippen LogP contribution in [0.4, 0.5) is 18.0 Å². The van der Waals surface area contributed by atoms with Crippen LogP contribution in [0.2, 0.25) is 0 Å². The topological polar surface area (TPSA) is 82.3 Å². The van der Waals surface area contributed by atoms with Crippen molar-refractivity contribution in [2.45, 2.75) is 43.8 Å². The van der Waals surface area contributed by atoms with Crippen LogP contribution in [0.3, 0.4) is 0 Å². The summed E-state index contributed by atoms with van der Waals surface area (Å²) in [5, 5.41) is 9.52. The molecule has 3 rings (SSSR count). The Morgan fingerprint density at radius 1 is 1.10 bits per heavy atom. The molecule has 0 unspecified atom stereocenters. The molecule has 29 heavy (non-hydrogen) atoms. The first-order valence-corrected chi connectivity index (χ1v) is 9.41. The fraction of sp³-hybridized carbons (Fsp3) is 0.400. The molecule has 0 bridgehead atoms. The number of nitrogens with one attached hydrogen (secondary N) is 4. The summed E-state index contributed by atoms with van der Waals surface area (Å²) in [5.41, 5.74) is 0.752. The minimum Gasteiger partial charge on any atom is -0.373 e. The van der Waals surface area contributed by atoms with E-state index in [1.165, 1.54) is 5.56 Å². The second-order valence-electron chi connectivity index (χ2n) is 7.21. The summed E-state index contributed by atoms with van der Waals surface area (Å²) in [6.07, 6.45) is -1.19. The molecule has 4 N–H and O–H groups in total. The molecule has 1 fully saturated rings. The smallest absolute Gasteiger partial charge is 0.373 e. The van der Waals surface area contributed by atoms with Crippen LogP contribution in [0.15, 0.2) is 54.0 Å². The van der Waals surface area contributed by atoms with Gasteiger partial charge in [0.2, 0.25) is 0 Å². The Labute approximate surface area is 166 Å². The van der Waals surface area contributed by atoms with Crippen molar-refractivity contribution in [1.82, 2.24) is 21.3 Å². The van der Waals surface area contributed by atoms with Crippen LogP contribution < -0.4 is 21.3 Å². The molecular weight excluding hydrogens is 385 g/mol. The summed E-state index contributed by atoms with van der Waals surface area (Å²) in [6.45, 7) is 2.18. The molecule has 1 saturated carbocycles. The average molecular weight is 408 g/mol. The number of halogens is 3. The third kappa shape index (κ3) is 5.52. The first kappa shape index (κ1) is 20.8. The zero-order valence-electron chi connectivity index (χ0n) is 15.7. The summed E-state index contributed by atoms with van der Waals surface area (Å²) in [5.74, 6) is -0.209. The molecule has 1 aromatic rings. The molecule has 1 aliphatic carbocycles. The summed E-state index contributed by atoms with van der Waals surface area (Å²) in [6, 6.07) is 9.31. The standard InChI is InChI=1S/C20H23F3N4O2/c1-12-16(24-11-20(21,22)23)17(27-19(29)25-12)18(28)26-15-9-7-14(8-10-15)13-5-3-2-4-6-13/h2-6,14-15,24H,1,7-11H2,(H,26,28)(H2,25,27,29)/t14-,15+. The normalized spacial score (nSPS) is 22.6. The molecule has 156 valence electrons. The Morgan fingerprint density at radius 3 is 2.38 bits per heavy atom. The van der Waals surface area contributed by atoms with Crippen LogP contribution in [-0.2, 0) is 4.79 Å². The molecule has 1 heterocycles. The lowest BCUT2D eigenvalue weighted by atomic mass is 9.82. The van der Waals surface area contributed by atoms with Crippen LogP contribution in [0.25, 0.3) is 0 Å². The van der Waals surface area contributed by atoms with E-state index in [9.17, 15) is 22.8 Å². The molecule has 0 aromatic heterocycles. The number of carbonyl (C=O) groups excluding carboxylic acids is 2. The molecule has 6 nitrogen and oxygen atoms in total. The number of amides is 3. The lowest BCUT2D eigenvalue weighted by Crippen LogP contribution is -2.50. The van der Waals surface area contributed by atoms with Gasteiger partial charge in [0, 0.05) is 6.04 Å². The first-order valence-electron chi connectivity index (χ1n) is 9.41. The van der Waals surface area contributed by atoms with Gasteiger partial charge in [-0.15, -0.1) is 0 Å². The minimum atomic E-state index is -4.48. The van der Waals surface area contributed by atoms with E-state index in [4.69, 9.17) is 0 Å². The van der Waals surface area contributed by atoms with Crippen molar-refractivity contribution in [3.8, 4) is 0 Å². The summed E-state index contributed by atoms with van der Waals surface area (Å²) < 4.78 is 37.7. The second kappa shape index (κ2) is 8.59. The zero-order valence-corrected chi connectivity index (χ0v) is 15.7. The first-order chi connectivity index (χ1) is 13.7. The Bertz CT molecular complexity index is 813. The summed E-state index contributed by atoms with van der Waals surface area (Å²) in [4.78, 5) is 24.3. The van der Waals surface area contributed by atoms with Crippen molar-refractivity contribution in [3.63, 3.8) is 0 Å². The van der Waals surface area contributed by atoms with Gasteiger partial charge in [-0.2, -0.15) is 13.2 Å². The summed E-state index contributed by atoms with van der Waals surface area (Å²) >= 11 is 0. The van der Waals surface area contributed by atoms with E-state index in [0.717, 1.165) is 25.7 Å². The number of benzene rings is 1. The fourth-order valence-electron chi connectivity index (χ4n) is 3.67. The molecule has 0 radical (unpaired) electrons. The van der Waals surface area contributed by atoms with Crippen molar-refractivity contribution >= 4 is 11.9 Å². The van der Waals surface area contributed by atoms with Crippen LogP contribution in [0.5, 0.6) is 0 Å². The largest absolute Gasteiger partial charge is 0.405 e. The molecule has 0 atom stereocenters. The number of urea groups is 1. The third-order valence-corrected chi connectivity index (χ3v) is 5.08. The number of rotatable bonds is 5. The number of carbonyl (C=O) groups is 2. The monoisotopic (exact) mass is 408 g/mol. The maximum atomic E-state index is 12.7. The van der Waals surface area contributed by atoms with Crippen LogP contribution >= 0.6 is 0 Å². The molecule has 9 heteroatoms. The summed E-state index contributed by atoms with van der Waals surface area (Å²) in [7, 11) is 0. The second-order valence-corrected chi connectivity index (χ2v) is 7.21. The van der Waals surface area contributed by atoms with Gasteiger partial charge in [-0.3, -0.25) is 4.79 Å². The van der Waals surface area contributed by atoms with Crippen LogP contribution in [0, 0.1) is 0 Å². The van der Waals surface area contributed by atoms with E-state index in [-0.39, 0.29) is 23.1 Å². The van der Waals surface area contributed by atoms with Crippen molar-refractivity contribution in [2.75, 3.05) is 6.54 Å². The highest BCUT2D eigenvalue weighted by molar-refractivity contribution is 6.00. The molecule has 0 spiro atoms. The van der Waals surface area contributed by atoms with Gasteiger partial charge in [0.15, 0.2) is 0 Å². The molecule has 0 saturated heterocycles. The highest BCUT2D eigenvalue weighted by atomic mass is 19.4. The maximum Gasteiger partial charge on any atom is 0.405 e. The Kier molecular flexibility index (Phi) is 6.14. The molecule has 1 aliphatic heterocycles. The Hall–Kier alpha value is -2.97. The number of hydrogen-bond acceptors (Lipinski definition) is 3. The maximum absolute atomic E-state index is 12.7. The van der Waals surface area contributed by atoms with Crippen molar-refractivity contribution in [3.05, 3.63) is 59.6 Å². The predicted octanol–water partition coefficient (Wildman–Crippen LogP) is 3.02. The van der Waals surface area contributed by atoms with E-state index in [1.807, 2.05) is 18.2 Å². The van der Waals surface area contributed by atoms with Gasteiger partial charge in [0.25, 0.3) is 5.91 Å². The van der Waals surface area contributed by atoms with Crippen molar-refractivity contribution in [2.24, 2.45) is 0 Å². The third-order valence-electron chi connectivity index (χ3n) is 5.08. The van der Waals surface area contributed by atoms with Gasteiger partial charge in [-0.25, -0.2) is 4.79 Å². The lowest BCUT2D eigenvalue weighted by molar-refractivity contribution is -0.124.